The Morgan fingerprint density at radius 3 is 2.47 bits per heavy atom. The molecule has 2 aromatic rings. The summed E-state index contributed by atoms with van der Waals surface area (Å²) < 4.78 is 16.6. The van der Waals surface area contributed by atoms with Crippen molar-refractivity contribution in [3.63, 3.8) is 0 Å². The number of rotatable bonds is 10. The average Bonchev–Trinajstić information content (AvgIpc) is 2.84. The molecule has 1 fully saturated rings. The normalized spacial score (nSPS) is 17.9. The van der Waals surface area contributed by atoms with Gasteiger partial charge in [-0.2, -0.15) is 0 Å². The van der Waals surface area contributed by atoms with E-state index in [4.69, 9.17) is 25.7 Å². The molecule has 1 saturated carbocycles. The van der Waals surface area contributed by atoms with Crippen LogP contribution < -0.4 is 16.2 Å². The van der Waals surface area contributed by atoms with Crippen LogP contribution in [0.25, 0.3) is 6.08 Å². The molecule has 0 aromatic heterocycles. The van der Waals surface area contributed by atoms with Crippen molar-refractivity contribution in [1.82, 2.24) is 0 Å². The van der Waals surface area contributed by atoms with Crippen LogP contribution in [0.5, 0.6) is 5.75 Å². The monoisotopic (exact) mass is 464 g/mol. The van der Waals surface area contributed by atoms with Gasteiger partial charge in [0.1, 0.15) is 12.4 Å². The molecule has 0 saturated heterocycles. The Morgan fingerprint density at radius 1 is 1.03 bits per heavy atom. The number of esters is 2. The van der Waals surface area contributed by atoms with E-state index in [2.05, 4.69) is 6.58 Å². The summed E-state index contributed by atoms with van der Waals surface area (Å²) in [5.41, 5.74) is 14.1. The minimum absolute atomic E-state index is 0.0395. The third-order valence-electron chi connectivity index (χ3n) is 5.73. The maximum Gasteiger partial charge on any atom is 0.331 e. The lowest BCUT2D eigenvalue weighted by Gasteiger charge is -2.27. The van der Waals surface area contributed by atoms with Crippen molar-refractivity contribution in [3.8, 4) is 5.75 Å². The highest BCUT2D eigenvalue weighted by molar-refractivity contribution is 5.87. The smallest absolute Gasteiger partial charge is 0.331 e. The van der Waals surface area contributed by atoms with Crippen molar-refractivity contribution in [2.75, 3.05) is 18.1 Å². The van der Waals surface area contributed by atoms with Gasteiger partial charge in [-0.3, -0.25) is 4.79 Å². The zero-order valence-corrected chi connectivity index (χ0v) is 19.3. The van der Waals surface area contributed by atoms with E-state index in [1.165, 1.54) is 6.08 Å². The van der Waals surface area contributed by atoms with Crippen LogP contribution in [0, 0.1) is 5.92 Å². The van der Waals surface area contributed by atoms with Crippen molar-refractivity contribution < 1.29 is 23.8 Å². The van der Waals surface area contributed by atoms with E-state index in [1.807, 2.05) is 6.08 Å². The molecule has 34 heavy (non-hydrogen) atoms. The van der Waals surface area contributed by atoms with E-state index in [9.17, 15) is 9.59 Å². The summed E-state index contributed by atoms with van der Waals surface area (Å²) in [5, 5.41) is 0. The molecule has 3 rings (SSSR count). The minimum Gasteiger partial charge on any atom is -0.458 e. The first-order chi connectivity index (χ1) is 16.4. The van der Waals surface area contributed by atoms with Gasteiger partial charge >= 0.3 is 11.9 Å². The molecule has 180 valence electrons. The first kappa shape index (κ1) is 25.1. The zero-order chi connectivity index (χ0) is 24.3. The van der Waals surface area contributed by atoms with Gasteiger partial charge in [-0.05, 0) is 74.1 Å². The molecule has 1 aliphatic carbocycles. The van der Waals surface area contributed by atoms with Gasteiger partial charge in [-0.1, -0.05) is 18.2 Å². The highest BCUT2D eigenvalue weighted by Crippen LogP contribution is 2.28. The summed E-state index contributed by atoms with van der Waals surface area (Å²) in [6.45, 7) is 4.41. The second-order valence-corrected chi connectivity index (χ2v) is 8.31. The van der Waals surface area contributed by atoms with Gasteiger partial charge in [-0.15, -0.1) is 6.58 Å². The van der Waals surface area contributed by atoms with Crippen molar-refractivity contribution in [2.45, 2.75) is 44.8 Å². The maximum atomic E-state index is 12.5. The van der Waals surface area contributed by atoms with Crippen LogP contribution in [-0.2, 0) is 25.7 Å². The van der Waals surface area contributed by atoms with Gasteiger partial charge < -0.3 is 25.7 Å². The summed E-state index contributed by atoms with van der Waals surface area (Å²) in [6.07, 6.45) is 9.11. The number of ether oxygens (including phenoxy) is 3. The summed E-state index contributed by atoms with van der Waals surface area (Å²) in [4.78, 5) is 24.5. The second kappa shape index (κ2) is 12.6. The quantitative estimate of drug-likeness (QED) is 0.131. The molecule has 4 N–H and O–H groups in total. The van der Waals surface area contributed by atoms with Crippen LogP contribution in [-0.4, -0.2) is 24.6 Å². The number of anilines is 2. The molecule has 0 heterocycles. The summed E-state index contributed by atoms with van der Waals surface area (Å²) in [5.74, 6) is -0.340. The Kier molecular flexibility index (Phi) is 9.29. The van der Waals surface area contributed by atoms with E-state index in [-0.39, 0.29) is 24.6 Å². The van der Waals surface area contributed by atoms with Gasteiger partial charge in [0.2, 0.25) is 0 Å². The lowest BCUT2D eigenvalue weighted by atomic mass is 9.87. The van der Waals surface area contributed by atoms with Gasteiger partial charge in [-0.25, -0.2) is 4.79 Å². The Morgan fingerprint density at radius 2 is 1.76 bits per heavy atom. The van der Waals surface area contributed by atoms with Crippen LogP contribution in [0.2, 0.25) is 0 Å². The number of hydrogen-bond acceptors (Lipinski definition) is 7. The molecule has 7 heteroatoms. The Bertz CT molecular complexity index is 1010. The molecule has 7 nitrogen and oxygen atoms in total. The molecular weight excluding hydrogens is 432 g/mol. The number of hydrogen-bond donors (Lipinski definition) is 2. The van der Waals surface area contributed by atoms with Gasteiger partial charge in [0.05, 0.1) is 18.6 Å². The van der Waals surface area contributed by atoms with Crippen molar-refractivity contribution in [3.05, 3.63) is 72.3 Å². The zero-order valence-electron chi connectivity index (χ0n) is 19.3. The highest BCUT2D eigenvalue weighted by Gasteiger charge is 2.28. The highest BCUT2D eigenvalue weighted by atomic mass is 16.5. The average molecular weight is 465 g/mol. The predicted octanol–water partition coefficient (Wildman–Crippen LogP) is 4.66. The lowest BCUT2D eigenvalue weighted by molar-refractivity contribution is -0.141. The standard InChI is InChI=1S/C27H32N2O5/c1-2-3-16-32-23-12-7-20(8-13-23)27(31)34-24-10-4-19(5-11-24)6-15-26(30)33-18-21-17-22(28)9-14-25(21)29/h2,4-6,9-11,14-15,17,20,23H,1,3,7-8,12-13,16,18,28-29H2/b15-6+. The summed E-state index contributed by atoms with van der Waals surface area (Å²) in [7, 11) is 0. The predicted molar refractivity (Wildman–Crippen MR) is 133 cm³/mol. The van der Waals surface area contributed by atoms with Crippen LogP contribution in [0.4, 0.5) is 11.4 Å². The second-order valence-electron chi connectivity index (χ2n) is 8.31. The van der Waals surface area contributed by atoms with Crippen molar-refractivity contribution in [2.24, 2.45) is 5.92 Å². The van der Waals surface area contributed by atoms with Crippen LogP contribution in [0.15, 0.2) is 61.2 Å². The molecule has 0 aliphatic heterocycles. The Labute approximate surface area is 200 Å². The molecule has 0 atom stereocenters. The van der Waals surface area contributed by atoms with E-state index >= 15 is 0 Å². The van der Waals surface area contributed by atoms with Gasteiger partial charge in [0.25, 0.3) is 0 Å². The van der Waals surface area contributed by atoms with Crippen LogP contribution >= 0.6 is 0 Å². The topological polar surface area (TPSA) is 114 Å². The van der Waals surface area contributed by atoms with Gasteiger partial charge in [0.15, 0.2) is 0 Å². The fraction of sp³-hybridized carbons (Fsp3) is 0.333. The first-order valence-electron chi connectivity index (χ1n) is 11.5. The van der Waals surface area contributed by atoms with E-state index in [1.54, 1.807) is 48.5 Å². The number of carbonyl (C=O) groups excluding carboxylic acids is 2. The Balaban J connectivity index is 1.42. The van der Waals surface area contributed by atoms with Crippen LogP contribution in [0.1, 0.15) is 43.2 Å². The number of benzene rings is 2. The fourth-order valence-electron chi connectivity index (χ4n) is 3.74. The van der Waals surface area contributed by atoms with E-state index in [0.29, 0.717) is 29.3 Å². The van der Waals surface area contributed by atoms with Crippen LogP contribution in [0.3, 0.4) is 0 Å². The summed E-state index contributed by atoms with van der Waals surface area (Å²) >= 11 is 0. The fourth-order valence-corrected chi connectivity index (χ4v) is 3.74. The van der Waals surface area contributed by atoms with E-state index in [0.717, 1.165) is 37.7 Å². The molecule has 0 amide bonds. The SMILES string of the molecule is C=CCCOC1CCC(C(=O)Oc2ccc(/C=C/C(=O)OCc3cc(N)ccc3N)cc2)CC1. The largest absolute Gasteiger partial charge is 0.458 e. The maximum absolute atomic E-state index is 12.5. The van der Waals surface area contributed by atoms with E-state index < -0.39 is 5.97 Å². The molecule has 0 spiro atoms. The number of carbonyl (C=O) groups is 2. The third-order valence-corrected chi connectivity index (χ3v) is 5.73. The molecule has 1 aliphatic rings. The minimum atomic E-state index is -0.499. The first-order valence-corrected chi connectivity index (χ1v) is 11.5. The molecule has 2 aromatic carbocycles. The Hall–Kier alpha value is -3.58. The molecule has 0 radical (unpaired) electrons. The molecule has 0 bridgehead atoms. The third kappa shape index (κ3) is 7.78. The molecular formula is C27H32N2O5. The number of nitrogen functional groups attached to an aromatic ring is 2. The lowest BCUT2D eigenvalue weighted by Crippen LogP contribution is -2.29. The van der Waals surface area contributed by atoms with Gasteiger partial charge in [0, 0.05) is 23.0 Å². The van der Waals surface area contributed by atoms with Crippen molar-refractivity contribution in [1.29, 1.82) is 0 Å². The van der Waals surface area contributed by atoms with Crippen molar-refractivity contribution >= 4 is 29.4 Å². The number of nitrogens with two attached hydrogens (primary N) is 2. The molecule has 0 unspecified atom stereocenters. The summed E-state index contributed by atoms with van der Waals surface area (Å²) in [6, 6.07) is 12.0.